The molecule has 1 aliphatic rings. The summed E-state index contributed by atoms with van der Waals surface area (Å²) in [6.07, 6.45) is 9.71. The smallest absolute Gasteiger partial charge is 0.227 e. The molecule has 1 fully saturated rings. The molecule has 1 amide bonds. The van der Waals surface area contributed by atoms with Crippen LogP contribution in [0, 0.1) is 6.92 Å². The topological polar surface area (TPSA) is 96.0 Å². The fourth-order valence-corrected chi connectivity index (χ4v) is 4.83. The van der Waals surface area contributed by atoms with E-state index in [9.17, 15) is 13.2 Å². The van der Waals surface area contributed by atoms with Crippen molar-refractivity contribution in [1.29, 1.82) is 0 Å². The molecule has 162 valence electrons. The van der Waals surface area contributed by atoms with Gasteiger partial charge in [0.15, 0.2) is 9.84 Å². The summed E-state index contributed by atoms with van der Waals surface area (Å²) in [6.45, 7) is 2.71. The second-order valence-electron chi connectivity index (χ2n) is 8.08. The van der Waals surface area contributed by atoms with E-state index in [0.717, 1.165) is 47.2 Å². The summed E-state index contributed by atoms with van der Waals surface area (Å²) in [5.74, 6) is 0.0313. The lowest BCUT2D eigenvalue weighted by atomic mass is 9.93. The van der Waals surface area contributed by atoms with Crippen molar-refractivity contribution in [3.05, 3.63) is 65.7 Å². The number of nitrogens with one attached hydrogen (secondary N) is 1. The Bertz CT molecular complexity index is 1190. The average molecular weight is 439 g/mol. The van der Waals surface area contributed by atoms with Gasteiger partial charge in [0.1, 0.15) is 0 Å². The van der Waals surface area contributed by atoms with Crippen molar-refractivity contribution >= 4 is 15.7 Å². The Morgan fingerprint density at radius 1 is 1.13 bits per heavy atom. The number of carbonyl (C=O) groups is 1. The standard InChI is InChI=1S/C23H26N4O3S/c1-16-14-24-11-10-19(16)20-15-25-26-23(20)21-5-3-4-12-27(21)22(28)13-17-6-8-18(9-7-17)31(2,29)30/h6-11,14-15,21H,3-5,12-13H2,1-2H3,(H,25,26). The lowest BCUT2D eigenvalue weighted by molar-refractivity contribution is -0.134. The summed E-state index contributed by atoms with van der Waals surface area (Å²) < 4.78 is 23.3. The first-order valence-corrected chi connectivity index (χ1v) is 12.3. The third-order valence-corrected chi connectivity index (χ3v) is 6.97. The predicted molar refractivity (Wildman–Crippen MR) is 118 cm³/mol. The summed E-state index contributed by atoms with van der Waals surface area (Å²) in [5.41, 5.74) is 4.88. The normalized spacial score (nSPS) is 17.0. The van der Waals surface area contributed by atoms with Crippen molar-refractivity contribution in [2.24, 2.45) is 0 Å². The Balaban J connectivity index is 1.58. The molecule has 0 radical (unpaired) electrons. The first kappa shape index (κ1) is 21.2. The number of rotatable bonds is 5. The molecule has 8 heteroatoms. The van der Waals surface area contributed by atoms with E-state index in [4.69, 9.17) is 0 Å². The number of pyridine rings is 1. The number of aromatic amines is 1. The van der Waals surface area contributed by atoms with Crippen LogP contribution < -0.4 is 0 Å². The zero-order valence-corrected chi connectivity index (χ0v) is 18.5. The molecule has 4 rings (SSSR count). The number of benzene rings is 1. The van der Waals surface area contributed by atoms with Crippen LogP contribution in [0.1, 0.15) is 42.1 Å². The molecule has 1 aromatic carbocycles. The van der Waals surface area contributed by atoms with E-state index in [1.54, 1.807) is 30.5 Å². The maximum Gasteiger partial charge on any atom is 0.227 e. The number of likely N-dealkylation sites (tertiary alicyclic amines) is 1. The lowest BCUT2D eigenvalue weighted by Crippen LogP contribution is -2.39. The van der Waals surface area contributed by atoms with Crippen LogP contribution in [0.2, 0.25) is 0 Å². The molecular weight excluding hydrogens is 412 g/mol. The van der Waals surface area contributed by atoms with Crippen LogP contribution in [-0.4, -0.2) is 47.2 Å². The van der Waals surface area contributed by atoms with Gasteiger partial charge in [-0.1, -0.05) is 12.1 Å². The van der Waals surface area contributed by atoms with E-state index in [0.29, 0.717) is 6.54 Å². The molecule has 3 heterocycles. The third kappa shape index (κ3) is 4.54. The van der Waals surface area contributed by atoms with Crippen LogP contribution in [0.25, 0.3) is 11.1 Å². The van der Waals surface area contributed by atoms with E-state index in [1.807, 2.05) is 30.3 Å². The summed E-state index contributed by atoms with van der Waals surface area (Å²) >= 11 is 0. The van der Waals surface area contributed by atoms with Crippen LogP contribution >= 0.6 is 0 Å². The van der Waals surface area contributed by atoms with Gasteiger partial charge in [0, 0.05) is 30.8 Å². The number of H-pyrrole nitrogens is 1. The van der Waals surface area contributed by atoms with Gasteiger partial charge >= 0.3 is 0 Å². The Kier molecular flexibility index (Phi) is 5.91. The number of hydrogen-bond donors (Lipinski definition) is 1. The van der Waals surface area contributed by atoms with E-state index < -0.39 is 9.84 Å². The molecule has 7 nitrogen and oxygen atoms in total. The lowest BCUT2D eigenvalue weighted by Gasteiger charge is -2.36. The Morgan fingerprint density at radius 2 is 1.90 bits per heavy atom. The average Bonchev–Trinajstić information content (AvgIpc) is 3.23. The van der Waals surface area contributed by atoms with Gasteiger partial charge in [0.05, 0.1) is 29.2 Å². The number of nitrogens with zero attached hydrogens (tertiary/aromatic N) is 3. The SMILES string of the molecule is Cc1cnccc1-c1cn[nH]c1C1CCCCN1C(=O)Cc1ccc(S(C)(=O)=O)cc1. The minimum Gasteiger partial charge on any atom is -0.334 e. The molecule has 1 unspecified atom stereocenters. The van der Waals surface area contributed by atoms with Gasteiger partial charge in [0.2, 0.25) is 5.91 Å². The van der Waals surface area contributed by atoms with Crippen LogP contribution in [0.5, 0.6) is 0 Å². The fourth-order valence-electron chi connectivity index (χ4n) is 4.20. The molecule has 1 aliphatic heterocycles. The molecule has 1 saturated heterocycles. The van der Waals surface area contributed by atoms with Crippen molar-refractivity contribution in [2.75, 3.05) is 12.8 Å². The zero-order valence-electron chi connectivity index (χ0n) is 17.7. The molecule has 0 bridgehead atoms. The molecule has 0 saturated carbocycles. The Hall–Kier alpha value is -3.00. The Labute approximate surface area is 182 Å². The highest BCUT2D eigenvalue weighted by atomic mass is 32.2. The number of carbonyl (C=O) groups excluding carboxylic acids is 1. The third-order valence-electron chi connectivity index (χ3n) is 5.84. The van der Waals surface area contributed by atoms with Crippen LogP contribution in [0.15, 0.2) is 53.8 Å². The minimum atomic E-state index is -3.25. The van der Waals surface area contributed by atoms with Gasteiger partial charge in [0.25, 0.3) is 0 Å². The molecule has 0 spiro atoms. The number of aromatic nitrogens is 3. The van der Waals surface area contributed by atoms with Crippen molar-refractivity contribution in [1.82, 2.24) is 20.1 Å². The van der Waals surface area contributed by atoms with Gasteiger partial charge in [-0.05, 0) is 61.1 Å². The number of sulfone groups is 1. The highest BCUT2D eigenvalue weighted by molar-refractivity contribution is 7.90. The van der Waals surface area contributed by atoms with Crippen LogP contribution in [0.4, 0.5) is 0 Å². The van der Waals surface area contributed by atoms with Crippen molar-refractivity contribution in [3.63, 3.8) is 0 Å². The zero-order chi connectivity index (χ0) is 22.0. The van der Waals surface area contributed by atoms with E-state index in [-0.39, 0.29) is 23.3 Å². The second kappa shape index (κ2) is 8.63. The van der Waals surface area contributed by atoms with Crippen molar-refractivity contribution in [3.8, 4) is 11.1 Å². The molecule has 1 atom stereocenters. The van der Waals surface area contributed by atoms with E-state index in [2.05, 4.69) is 15.2 Å². The van der Waals surface area contributed by atoms with Gasteiger partial charge < -0.3 is 4.90 Å². The van der Waals surface area contributed by atoms with Gasteiger partial charge in [-0.2, -0.15) is 5.10 Å². The number of aryl methyl sites for hydroxylation is 1. The first-order valence-electron chi connectivity index (χ1n) is 10.4. The largest absolute Gasteiger partial charge is 0.334 e. The fraction of sp³-hybridized carbons (Fsp3) is 0.348. The molecule has 1 N–H and O–H groups in total. The number of hydrogen-bond acceptors (Lipinski definition) is 5. The molecule has 31 heavy (non-hydrogen) atoms. The highest BCUT2D eigenvalue weighted by Crippen LogP contribution is 2.36. The molecule has 3 aromatic rings. The quantitative estimate of drug-likeness (QED) is 0.658. The predicted octanol–water partition coefficient (Wildman–Crippen LogP) is 3.48. The first-order chi connectivity index (χ1) is 14.8. The van der Waals surface area contributed by atoms with Crippen LogP contribution in [-0.2, 0) is 21.1 Å². The summed E-state index contributed by atoms with van der Waals surface area (Å²) in [6, 6.07) is 8.46. The number of piperidine rings is 1. The minimum absolute atomic E-state index is 0.0313. The monoisotopic (exact) mass is 438 g/mol. The summed E-state index contributed by atoms with van der Waals surface area (Å²) in [7, 11) is -3.25. The summed E-state index contributed by atoms with van der Waals surface area (Å²) in [5, 5.41) is 7.43. The van der Waals surface area contributed by atoms with E-state index in [1.165, 1.54) is 6.26 Å². The number of amides is 1. The van der Waals surface area contributed by atoms with Crippen LogP contribution in [0.3, 0.4) is 0 Å². The molecule has 2 aromatic heterocycles. The maximum absolute atomic E-state index is 13.2. The second-order valence-corrected chi connectivity index (χ2v) is 10.1. The summed E-state index contributed by atoms with van der Waals surface area (Å²) in [4.78, 5) is 19.6. The van der Waals surface area contributed by atoms with Crippen molar-refractivity contribution < 1.29 is 13.2 Å². The maximum atomic E-state index is 13.2. The van der Waals surface area contributed by atoms with E-state index >= 15 is 0 Å². The van der Waals surface area contributed by atoms with Gasteiger partial charge in [-0.15, -0.1) is 0 Å². The molecular formula is C23H26N4O3S. The van der Waals surface area contributed by atoms with Gasteiger partial charge in [-0.3, -0.25) is 14.9 Å². The van der Waals surface area contributed by atoms with Gasteiger partial charge in [-0.25, -0.2) is 8.42 Å². The van der Waals surface area contributed by atoms with Crippen molar-refractivity contribution in [2.45, 2.75) is 43.5 Å². The highest BCUT2D eigenvalue weighted by Gasteiger charge is 2.31. The Morgan fingerprint density at radius 3 is 2.61 bits per heavy atom. The molecule has 0 aliphatic carbocycles.